The third-order valence-corrected chi connectivity index (χ3v) is 5.11. The molecule has 0 radical (unpaired) electrons. The molecule has 1 aromatic heterocycles. The Labute approximate surface area is 136 Å². The third-order valence-electron chi connectivity index (χ3n) is 5.11. The average Bonchev–Trinajstić information content (AvgIpc) is 3.18. The third kappa shape index (κ3) is 3.00. The molecule has 2 fully saturated rings. The first-order valence-electron chi connectivity index (χ1n) is 8.54. The largest absolute Gasteiger partial charge is 0.338 e. The van der Waals surface area contributed by atoms with Gasteiger partial charge in [-0.2, -0.15) is 0 Å². The lowest BCUT2D eigenvalue weighted by molar-refractivity contribution is -0.138. The smallest absolute Gasteiger partial charge is 0.222 e. The molecule has 1 amide bonds. The van der Waals surface area contributed by atoms with Crippen molar-refractivity contribution in [1.29, 1.82) is 0 Å². The minimum atomic E-state index is 0.271. The van der Waals surface area contributed by atoms with Gasteiger partial charge in [0.25, 0.3) is 0 Å². The van der Waals surface area contributed by atoms with E-state index in [1.165, 1.54) is 25.7 Å². The van der Waals surface area contributed by atoms with Crippen LogP contribution in [0.15, 0.2) is 36.5 Å². The number of amides is 1. The highest BCUT2D eigenvalue weighted by atomic mass is 16.2. The van der Waals surface area contributed by atoms with Gasteiger partial charge in [-0.25, -0.2) is 4.68 Å². The number of benzene rings is 1. The van der Waals surface area contributed by atoms with Gasteiger partial charge in [-0.1, -0.05) is 48.4 Å². The van der Waals surface area contributed by atoms with E-state index in [9.17, 15) is 4.79 Å². The van der Waals surface area contributed by atoms with Gasteiger partial charge in [-0.15, -0.1) is 5.10 Å². The van der Waals surface area contributed by atoms with Crippen molar-refractivity contribution in [2.24, 2.45) is 5.92 Å². The normalized spacial score (nSPS) is 19.0. The molecule has 2 aromatic rings. The minimum Gasteiger partial charge on any atom is -0.338 e. The quantitative estimate of drug-likeness (QED) is 0.872. The number of aromatic nitrogens is 3. The number of nitrogens with zero attached hydrogens (tertiary/aromatic N) is 4. The molecule has 2 aliphatic rings. The Balaban J connectivity index is 1.33. The lowest BCUT2D eigenvalue weighted by Gasteiger charge is -2.39. The summed E-state index contributed by atoms with van der Waals surface area (Å²) in [6.45, 7) is 1.53. The number of carbonyl (C=O) groups excluding carboxylic acids is 1. The summed E-state index contributed by atoms with van der Waals surface area (Å²) in [6, 6.07) is 10.3. The Morgan fingerprint density at radius 3 is 2.61 bits per heavy atom. The molecule has 1 aliphatic carbocycles. The van der Waals surface area contributed by atoms with Crippen LogP contribution < -0.4 is 0 Å². The molecular weight excluding hydrogens is 288 g/mol. The van der Waals surface area contributed by atoms with Crippen molar-refractivity contribution >= 4 is 5.91 Å². The van der Waals surface area contributed by atoms with Gasteiger partial charge >= 0.3 is 0 Å². The van der Waals surface area contributed by atoms with Crippen molar-refractivity contribution in [2.75, 3.05) is 13.1 Å². The molecule has 1 saturated heterocycles. The molecular formula is C18H22N4O. The molecule has 0 spiro atoms. The first-order valence-corrected chi connectivity index (χ1v) is 8.54. The van der Waals surface area contributed by atoms with E-state index in [0.29, 0.717) is 11.8 Å². The maximum Gasteiger partial charge on any atom is 0.222 e. The highest BCUT2D eigenvalue weighted by molar-refractivity contribution is 5.77. The van der Waals surface area contributed by atoms with Gasteiger partial charge in [-0.3, -0.25) is 4.79 Å². The second kappa shape index (κ2) is 6.14. The van der Waals surface area contributed by atoms with E-state index in [-0.39, 0.29) is 6.04 Å². The van der Waals surface area contributed by atoms with Gasteiger partial charge < -0.3 is 4.90 Å². The second-order valence-corrected chi connectivity index (χ2v) is 6.76. The number of likely N-dealkylation sites (tertiary alicyclic amines) is 1. The van der Waals surface area contributed by atoms with Crippen LogP contribution in [0.3, 0.4) is 0 Å². The molecule has 0 atom stereocenters. The minimum absolute atomic E-state index is 0.271. The van der Waals surface area contributed by atoms with E-state index >= 15 is 0 Å². The zero-order valence-electron chi connectivity index (χ0n) is 13.3. The molecule has 120 valence electrons. The summed E-state index contributed by atoms with van der Waals surface area (Å²) in [4.78, 5) is 14.2. The number of hydrogen-bond donors (Lipinski definition) is 0. The maximum atomic E-state index is 12.3. The van der Waals surface area contributed by atoms with Crippen LogP contribution in [-0.2, 0) is 4.79 Å². The summed E-state index contributed by atoms with van der Waals surface area (Å²) < 4.78 is 1.90. The zero-order chi connectivity index (χ0) is 15.6. The van der Waals surface area contributed by atoms with Crippen molar-refractivity contribution in [3.8, 4) is 11.3 Å². The van der Waals surface area contributed by atoms with Crippen LogP contribution in [0.25, 0.3) is 11.3 Å². The van der Waals surface area contributed by atoms with Gasteiger partial charge in [0.1, 0.15) is 5.69 Å². The van der Waals surface area contributed by atoms with Crippen LogP contribution in [-0.4, -0.2) is 38.9 Å². The Morgan fingerprint density at radius 1 is 1.13 bits per heavy atom. The van der Waals surface area contributed by atoms with Crippen LogP contribution >= 0.6 is 0 Å². The van der Waals surface area contributed by atoms with Gasteiger partial charge in [0.15, 0.2) is 0 Å². The molecule has 1 aliphatic heterocycles. The zero-order valence-corrected chi connectivity index (χ0v) is 13.3. The monoisotopic (exact) mass is 310 g/mol. The van der Waals surface area contributed by atoms with Crippen LogP contribution in [0.4, 0.5) is 0 Å². The fourth-order valence-electron chi connectivity index (χ4n) is 3.61. The van der Waals surface area contributed by atoms with E-state index in [4.69, 9.17) is 0 Å². The molecule has 1 aromatic carbocycles. The van der Waals surface area contributed by atoms with Gasteiger partial charge in [0.2, 0.25) is 5.91 Å². The summed E-state index contributed by atoms with van der Waals surface area (Å²) in [6.07, 6.45) is 7.76. The number of carbonyl (C=O) groups is 1. The predicted octanol–water partition coefficient (Wildman–Crippen LogP) is 2.91. The Morgan fingerprint density at radius 2 is 1.87 bits per heavy atom. The Hall–Kier alpha value is -2.17. The van der Waals surface area contributed by atoms with E-state index in [0.717, 1.165) is 30.8 Å². The molecule has 1 saturated carbocycles. The number of rotatable bonds is 4. The highest BCUT2D eigenvalue weighted by Gasteiger charge is 2.33. The molecule has 5 heteroatoms. The SMILES string of the molecule is O=C(CC1CCCC1)N1CC(n2cc(-c3ccccc3)nn2)C1. The van der Waals surface area contributed by atoms with Crippen molar-refractivity contribution in [2.45, 2.75) is 38.1 Å². The second-order valence-electron chi connectivity index (χ2n) is 6.76. The van der Waals surface area contributed by atoms with Gasteiger partial charge in [-0.05, 0) is 18.8 Å². The van der Waals surface area contributed by atoms with E-state index in [2.05, 4.69) is 10.3 Å². The summed E-state index contributed by atoms with van der Waals surface area (Å²) in [5.74, 6) is 0.939. The molecule has 4 rings (SSSR count). The van der Waals surface area contributed by atoms with Crippen molar-refractivity contribution in [3.63, 3.8) is 0 Å². The summed E-state index contributed by atoms with van der Waals surface area (Å²) in [5, 5.41) is 8.49. The molecule has 0 bridgehead atoms. The Kier molecular flexibility index (Phi) is 3.85. The van der Waals surface area contributed by atoms with E-state index in [1.807, 2.05) is 46.1 Å². The highest BCUT2D eigenvalue weighted by Crippen LogP contribution is 2.30. The average molecular weight is 310 g/mol. The van der Waals surface area contributed by atoms with Gasteiger partial charge in [0.05, 0.1) is 12.2 Å². The fourth-order valence-corrected chi connectivity index (χ4v) is 3.61. The Bertz CT molecular complexity index is 669. The summed E-state index contributed by atoms with van der Waals surface area (Å²) in [7, 11) is 0. The van der Waals surface area contributed by atoms with Crippen molar-refractivity contribution < 1.29 is 4.79 Å². The maximum absolute atomic E-state index is 12.3. The molecule has 5 nitrogen and oxygen atoms in total. The molecule has 23 heavy (non-hydrogen) atoms. The van der Waals surface area contributed by atoms with E-state index in [1.54, 1.807) is 0 Å². The lowest BCUT2D eigenvalue weighted by Crippen LogP contribution is -2.51. The molecule has 0 unspecified atom stereocenters. The van der Waals surface area contributed by atoms with Crippen molar-refractivity contribution in [1.82, 2.24) is 19.9 Å². The van der Waals surface area contributed by atoms with Crippen LogP contribution in [0.1, 0.15) is 38.1 Å². The van der Waals surface area contributed by atoms with Gasteiger partial charge in [0, 0.05) is 25.1 Å². The predicted molar refractivity (Wildman–Crippen MR) is 87.7 cm³/mol. The van der Waals surface area contributed by atoms with Crippen LogP contribution in [0.5, 0.6) is 0 Å². The molecule has 0 N–H and O–H groups in total. The topological polar surface area (TPSA) is 51.0 Å². The fraction of sp³-hybridized carbons (Fsp3) is 0.500. The lowest BCUT2D eigenvalue weighted by atomic mass is 10.0. The molecule has 2 heterocycles. The van der Waals surface area contributed by atoms with Crippen molar-refractivity contribution in [3.05, 3.63) is 36.5 Å². The standard InChI is InChI=1S/C18H22N4O/c23-18(10-14-6-4-5-7-14)21-11-16(12-21)22-13-17(19-20-22)15-8-2-1-3-9-15/h1-3,8-9,13-14,16H,4-7,10-12H2. The summed E-state index contributed by atoms with van der Waals surface area (Å²) in [5.41, 5.74) is 1.97. The first kappa shape index (κ1) is 14.4. The first-order chi connectivity index (χ1) is 11.3. The number of hydrogen-bond acceptors (Lipinski definition) is 3. The summed E-state index contributed by atoms with van der Waals surface area (Å²) >= 11 is 0. The van der Waals surface area contributed by atoms with Crippen LogP contribution in [0, 0.1) is 5.92 Å². The van der Waals surface area contributed by atoms with Crippen LogP contribution in [0.2, 0.25) is 0 Å². The van der Waals surface area contributed by atoms with E-state index < -0.39 is 0 Å².